The topological polar surface area (TPSA) is 0 Å². The molecule has 13 heavy (non-hydrogen) atoms. The normalized spacial score (nSPS) is 13.5. The summed E-state index contributed by atoms with van der Waals surface area (Å²) in [6, 6.07) is 8.52. The lowest BCUT2D eigenvalue weighted by atomic mass is 10.2. The van der Waals surface area contributed by atoms with Crippen molar-refractivity contribution >= 4 is 11.8 Å². The van der Waals surface area contributed by atoms with Crippen molar-refractivity contribution < 1.29 is 0 Å². The van der Waals surface area contributed by atoms with Crippen molar-refractivity contribution in [2.75, 3.05) is 0 Å². The minimum atomic E-state index is 0.561. The van der Waals surface area contributed by atoms with Gasteiger partial charge in [0.25, 0.3) is 0 Å². The van der Waals surface area contributed by atoms with E-state index in [1.165, 1.54) is 10.5 Å². The minimum absolute atomic E-state index is 0.561. The van der Waals surface area contributed by atoms with E-state index in [0.717, 1.165) is 0 Å². The molecule has 0 bridgehead atoms. The monoisotopic (exact) mass is 192 g/mol. The van der Waals surface area contributed by atoms with Gasteiger partial charge in [-0.1, -0.05) is 30.4 Å². The Morgan fingerprint density at radius 3 is 2.62 bits per heavy atom. The van der Waals surface area contributed by atoms with Crippen molar-refractivity contribution in [1.29, 1.82) is 0 Å². The first-order valence-electron chi connectivity index (χ1n) is 4.59. The summed E-state index contributed by atoms with van der Waals surface area (Å²) in [5.41, 5.74) is 1.36. The molecule has 1 aromatic rings. The predicted molar refractivity (Wildman–Crippen MR) is 61.3 cm³/mol. The van der Waals surface area contributed by atoms with E-state index < -0.39 is 0 Å². The standard InChI is InChI=1S/C12H16S/c1-4-7-11(3)13-12-9-6-5-8-10(12)2/h4-9,11H,1-3H3. The lowest BCUT2D eigenvalue weighted by Gasteiger charge is -2.08. The van der Waals surface area contributed by atoms with E-state index in [4.69, 9.17) is 0 Å². The van der Waals surface area contributed by atoms with E-state index >= 15 is 0 Å². The summed E-state index contributed by atoms with van der Waals surface area (Å²) in [6.07, 6.45) is 4.33. The Labute approximate surface area is 85.1 Å². The molecule has 1 rings (SSSR count). The van der Waals surface area contributed by atoms with Crippen molar-refractivity contribution in [2.24, 2.45) is 0 Å². The van der Waals surface area contributed by atoms with E-state index in [1.54, 1.807) is 0 Å². The average Bonchev–Trinajstić information content (AvgIpc) is 2.09. The Bertz CT molecular complexity index is 289. The van der Waals surface area contributed by atoms with Gasteiger partial charge in [-0.05, 0) is 32.4 Å². The lowest BCUT2D eigenvalue weighted by molar-refractivity contribution is 1.21. The Morgan fingerprint density at radius 2 is 2.00 bits per heavy atom. The number of aryl methyl sites for hydroxylation is 1. The molecule has 0 saturated heterocycles. The molecule has 1 unspecified atom stereocenters. The van der Waals surface area contributed by atoms with E-state index in [-0.39, 0.29) is 0 Å². The molecule has 0 N–H and O–H groups in total. The quantitative estimate of drug-likeness (QED) is 0.514. The Balaban J connectivity index is 2.68. The lowest BCUT2D eigenvalue weighted by Crippen LogP contribution is -1.90. The number of allylic oxidation sites excluding steroid dienone is 1. The third kappa shape index (κ3) is 3.27. The molecule has 0 spiro atoms. The number of hydrogen-bond donors (Lipinski definition) is 0. The fourth-order valence-corrected chi connectivity index (χ4v) is 2.25. The largest absolute Gasteiger partial charge is 0.119 e. The maximum Gasteiger partial charge on any atom is 0.0246 e. The SMILES string of the molecule is CC=CC(C)Sc1ccccc1C. The molecule has 0 aliphatic heterocycles. The number of benzene rings is 1. The van der Waals surface area contributed by atoms with Gasteiger partial charge in [-0.3, -0.25) is 0 Å². The summed E-state index contributed by atoms with van der Waals surface area (Å²) < 4.78 is 0. The highest BCUT2D eigenvalue weighted by molar-refractivity contribution is 8.00. The number of thioether (sulfide) groups is 1. The molecule has 70 valence electrons. The van der Waals surface area contributed by atoms with Gasteiger partial charge >= 0.3 is 0 Å². The summed E-state index contributed by atoms with van der Waals surface area (Å²) in [7, 11) is 0. The highest BCUT2D eigenvalue weighted by Gasteiger charge is 2.01. The summed E-state index contributed by atoms with van der Waals surface area (Å²) in [4.78, 5) is 1.38. The molecular formula is C12H16S. The van der Waals surface area contributed by atoms with Gasteiger partial charge in [-0.15, -0.1) is 11.8 Å². The molecular weight excluding hydrogens is 176 g/mol. The van der Waals surface area contributed by atoms with Crippen molar-refractivity contribution in [1.82, 2.24) is 0 Å². The molecule has 0 amide bonds. The van der Waals surface area contributed by atoms with Crippen molar-refractivity contribution in [2.45, 2.75) is 30.9 Å². The molecule has 0 aliphatic carbocycles. The van der Waals surface area contributed by atoms with E-state index in [2.05, 4.69) is 57.2 Å². The van der Waals surface area contributed by atoms with Crippen LogP contribution in [0.3, 0.4) is 0 Å². The zero-order chi connectivity index (χ0) is 9.68. The first kappa shape index (κ1) is 10.4. The average molecular weight is 192 g/mol. The second-order valence-corrected chi connectivity index (χ2v) is 4.53. The van der Waals surface area contributed by atoms with Gasteiger partial charge in [0.15, 0.2) is 0 Å². The molecule has 0 nitrogen and oxygen atoms in total. The molecule has 0 fully saturated rings. The highest BCUT2D eigenvalue weighted by Crippen LogP contribution is 2.26. The molecule has 0 aliphatic rings. The maximum absolute atomic E-state index is 2.22. The molecule has 1 aromatic carbocycles. The van der Waals surface area contributed by atoms with Crippen LogP contribution in [0.25, 0.3) is 0 Å². The summed E-state index contributed by atoms with van der Waals surface area (Å²) in [5, 5.41) is 0.561. The van der Waals surface area contributed by atoms with Crippen LogP contribution in [0, 0.1) is 6.92 Å². The van der Waals surface area contributed by atoms with Gasteiger partial charge in [-0.25, -0.2) is 0 Å². The summed E-state index contributed by atoms with van der Waals surface area (Å²) >= 11 is 1.91. The second kappa shape index (κ2) is 5.13. The van der Waals surface area contributed by atoms with Crippen LogP contribution in [0.2, 0.25) is 0 Å². The first-order chi connectivity index (χ1) is 6.24. The van der Waals surface area contributed by atoms with Crippen LogP contribution >= 0.6 is 11.8 Å². The summed E-state index contributed by atoms with van der Waals surface area (Å²) in [5.74, 6) is 0. The summed E-state index contributed by atoms with van der Waals surface area (Å²) in [6.45, 7) is 6.44. The van der Waals surface area contributed by atoms with Crippen molar-refractivity contribution in [3.63, 3.8) is 0 Å². The van der Waals surface area contributed by atoms with Crippen LogP contribution < -0.4 is 0 Å². The molecule has 1 atom stereocenters. The van der Waals surface area contributed by atoms with Crippen molar-refractivity contribution in [3.05, 3.63) is 42.0 Å². The maximum atomic E-state index is 2.22. The second-order valence-electron chi connectivity index (χ2n) is 3.11. The number of rotatable bonds is 3. The Hall–Kier alpha value is -0.690. The smallest absolute Gasteiger partial charge is 0.0246 e. The number of hydrogen-bond acceptors (Lipinski definition) is 1. The molecule has 0 radical (unpaired) electrons. The molecule has 0 aromatic heterocycles. The third-order valence-electron chi connectivity index (χ3n) is 1.87. The van der Waals surface area contributed by atoms with Gasteiger partial charge in [-0.2, -0.15) is 0 Å². The van der Waals surface area contributed by atoms with Crippen LogP contribution in [0.15, 0.2) is 41.3 Å². The Kier molecular flexibility index (Phi) is 4.10. The molecule has 0 saturated carbocycles. The van der Waals surface area contributed by atoms with Crippen LogP contribution in [-0.2, 0) is 0 Å². The highest BCUT2D eigenvalue weighted by atomic mass is 32.2. The third-order valence-corrected chi connectivity index (χ3v) is 3.11. The van der Waals surface area contributed by atoms with Gasteiger partial charge in [0.2, 0.25) is 0 Å². The van der Waals surface area contributed by atoms with E-state index in [1.807, 2.05) is 11.8 Å². The van der Waals surface area contributed by atoms with Crippen LogP contribution in [0.4, 0.5) is 0 Å². The fraction of sp³-hybridized carbons (Fsp3) is 0.333. The molecule has 1 heteroatoms. The van der Waals surface area contributed by atoms with Crippen molar-refractivity contribution in [3.8, 4) is 0 Å². The van der Waals surface area contributed by atoms with Crippen LogP contribution in [0.1, 0.15) is 19.4 Å². The first-order valence-corrected chi connectivity index (χ1v) is 5.47. The van der Waals surface area contributed by atoms with Gasteiger partial charge in [0.05, 0.1) is 0 Å². The van der Waals surface area contributed by atoms with Crippen LogP contribution in [0.5, 0.6) is 0 Å². The minimum Gasteiger partial charge on any atom is -0.119 e. The van der Waals surface area contributed by atoms with E-state index in [0.29, 0.717) is 5.25 Å². The zero-order valence-electron chi connectivity index (χ0n) is 8.45. The van der Waals surface area contributed by atoms with E-state index in [9.17, 15) is 0 Å². The van der Waals surface area contributed by atoms with Crippen LogP contribution in [-0.4, -0.2) is 5.25 Å². The predicted octanol–water partition coefficient (Wildman–Crippen LogP) is 4.05. The van der Waals surface area contributed by atoms with Gasteiger partial charge in [0, 0.05) is 10.1 Å². The molecule has 0 heterocycles. The van der Waals surface area contributed by atoms with Gasteiger partial charge < -0.3 is 0 Å². The Morgan fingerprint density at radius 1 is 1.31 bits per heavy atom. The fourth-order valence-electron chi connectivity index (χ4n) is 1.20. The van der Waals surface area contributed by atoms with Gasteiger partial charge in [0.1, 0.15) is 0 Å². The zero-order valence-corrected chi connectivity index (χ0v) is 9.27.